The summed E-state index contributed by atoms with van der Waals surface area (Å²) in [4.78, 5) is 12.9. The van der Waals surface area contributed by atoms with E-state index in [9.17, 15) is 4.79 Å². The van der Waals surface area contributed by atoms with E-state index in [1.165, 1.54) is 22.2 Å². The molecule has 5 heteroatoms. The summed E-state index contributed by atoms with van der Waals surface area (Å²) in [6, 6.07) is 20.6. The number of nitrogens with zero attached hydrogens (tertiary/aromatic N) is 1. The summed E-state index contributed by atoms with van der Waals surface area (Å²) in [5.41, 5.74) is 7.13. The van der Waals surface area contributed by atoms with Crippen LogP contribution >= 0.6 is 0 Å². The highest BCUT2D eigenvalue weighted by atomic mass is 16.3. The molecule has 1 aliphatic rings. The number of carbonyl (C=O) groups is 1. The topological polar surface area (TPSA) is 59.2 Å². The molecule has 1 unspecified atom stereocenters. The molecule has 174 valence electrons. The number of amides is 1. The maximum absolute atomic E-state index is 12.9. The van der Waals surface area contributed by atoms with Crippen LogP contribution in [0.2, 0.25) is 0 Å². The summed E-state index contributed by atoms with van der Waals surface area (Å²) in [6.07, 6.45) is 4.57. The normalized spacial score (nSPS) is 15.1. The largest absolute Gasteiger partial charge is 0.467 e. The van der Waals surface area contributed by atoms with Crippen molar-refractivity contribution in [1.29, 1.82) is 0 Å². The first kappa shape index (κ1) is 22.1. The van der Waals surface area contributed by atoms with E-state index < -0.39 is 0 Å². The molecule has 1 amide bonds. The molecule has 1 atom stereocenters. The van der Waals surface area contributed by atoms with Crippen molar-refractivity contribution < 1.29 is 9.21 Å². The molecule has 0 bridgehead atoms. The number of para-hydroxylation sites is 1. The average molecular weight is 454 g/mol. The van der Waals surface area contributed by atoms with Crippen molar-refractivity contribution in [3.8, 4) is 0 Å². The summed E-state index contributed by atoms with van der Waals surface area (Å²) in [7, 11) is 0. The van der Waals surface area contributed by atoms with Crippen LogP contribution in [0.3, 0.4) is 0 Å². The Morgan fingerprint density at radius 1 is 1.09 bits per heavy atom. The van der Waals surface area contributed by atoms with Crippen molar-refractivity contribution in [2.45, 2.75) is 45.8 Å². The number of carbonyl (C=O) groups excluding carboxylic acids is 1. The zero-order chi connectivity index (χ0) is 23.5. The van der Waals surface area contributed by atoms with Gasteiger partial charge in [-0.05, 0) is 55.5 Å². The van der Waals surface area contributed by atoms with Gasteiger partial charge in [0.05, 0.1) is 12.8 Å². The van der Waals surface area contributed by atoms with E-state index >= 15 is 0 Å². The fraction of sp³-hybridized carbons (Fsp3) is 0.276. The first-order valence-corrected chi connectivity index (χ1v) is 11.9. The molecule has 34 heavy (non-hydrogen) atoms. The lowest BCUT2D eigenvalue weighted by Crippen LogP contribution is -2.29. The third-order valence-electron chi connectivity index (χ3n) is 6.81. The standard InChI is InChI=1S/C29H31N3O2/c1-20-7-5-8-22(15-20)17-31-29(33)19-32-27-11-4-3-10-25(27)26-16-23(12-13-28(26)32)21(2)30-18-24-9-6-14-34-24/h3-11,14-15,23,30H,2,12-13,16-19H2,1H3,(H,31,33). The molecule has 0 saturated heterocycles. The molecule has 5 nitrogen and oxygen atoms in total. The highest BCUT2D eigenvalue weighted by Gasteiger charge is 2.27. The zero-order valence-corrected chi connectivity index (χ0v) is 19.6. The summed E-state index contributed by atoms with van der Waals surface area (Å²) < 4.78 is 7.65. The van der Waals surface area contributed by atoms with Gasteiger partial charge < -0.3 is 19.6 Å². The molecule has 0 aliphatic heterocycles. The van der Waals surface area contributed by atoms with Crippen LogP contribution in [0, 0.1) is 12.8 Å². The van der Waals surface area contributed by atoms with Crippen LogP contribution in [-0.2, 0) is 37.3 Å². The smallest absolute Gasteiger partial charge is 0.240 e. The molecule has 5 rings (SSSR count). The Bertz CT molecular complexity index is 1320. The van der Waals surface area contributed by atoms with Gasteiger partial charge in [-0.1, -0.05) is 54.6 Å². The van der Waals surface area contributed by atoms with Gasteiger partial charge in [0, 0.05) is 34.8 Å². The van der Waals surface area contributed by atoms with Gasteiger partial charge in [-0.15, -0.1) is 0 Å². The third-order valence-corrected chi connectivity index (χ3v) is 6.81. The summed E-state index contributed by atoms with van der Waals surface area (Å²) in [5.74, 6) is 1.31. The Balaban J connectivity index is 1.31. The van der Waals surface area contributed by atoms with Crippen LogP contribution < -0.4 is 10.6 Å². The van der Waals surface area contributed by atoms with Crippen LogP contribution in [0.4, 0.5) is 0 Å². The van der Waals surface area contributed by atoms with Crippen molar-refractivity contribution >= 4 is 16.8 Å². The Kier molecular flexibility index (Phi) is 6.26. The molecule has 0 saturated carbocycles. The maximum Gasteiger partial charge on any atom is 0.240 e. The Hall–Kier alpha value is -3.73. The summed E-state index contributed by atoms with van der Waals surface area (Å²) in [5, 5.41) is 7.79. The number of fused-ring (bicyclic) bond motifs is 3. The lowest BCUT2D eigenvalue weighted by Gasteiger charge is -2.26. The van der Waals surface area contributed by atoms with Gasteiger partial charge in [0.1, 0.15) is 12.3 Å². The Morgan fingerprint density at radius 2 is 1.97 bits per heavy atom. The molecular weight excluding hydrogens is 422 g/mol. The summed E-state index contributed by atoms with van der Waals surface area (Å²) in [6.45, 7) is 7.92. The van der Waals surface area contributed by atoms with Crippen LogP contribution in [0.5, 0.6) is 0 Å². The van der Waals surface area contributed by atoms with Crippen molar-refractivity contribution in [3.63, 3.8) is 0 Å². The first-order chi connectivity index (χ1) is 16.6. The van der Waals surface area contributed by atoms with Gasteiger partial charge in [-0.3, -0.25) is 4.79 Å². The van der Waals surface area contributed by atoms with Crippen molar-refractivity contribution in [2.24, 2.45) is 5.92 Å². The fourth-order valence-corrected chi connectivity index (χ4v) is 5.06. The van der Waals surface area contributed by atoms with E-state index in [-0.39, 0.29) is 5.91 Å². The lowest BCUT2D eigenvalue weighted by atomic mass is 9.84. The van der Waals surface area contributed by atoms with Crippen molar-refractivity contribution in [2.75, 3.05) is 0 Å². The molecule has 2 aromatic heterocycles. The van der Waals surface area contributed by atoms with E-state index in [2.05, 4.69) is 65.1 Å². The highest BCUT2D eigenvalue weighted by molar-refractivity contribution is 5.88. The van der Waals surface area contributed by atoms with Gasteiger partial charge in [0.25, 0.3) is 0 Å². The monoisotopic (exact) mass is 453 g/mol. The second-order valence-corrected chi connectivity index (χ2v) is 9.19. The van der Waals surface area contributed by atoms with E-state index in [1.54, 1.807) is 6.26 Å². The van der Waals surface area contributed by atoms with Gasteiger partial charge >= 0.3 is 0 Å². The number of furan rings is 1. The second-order valence-electron chi connectivity index (χ2n) is 9.19. The van der Waals surface area contributed by atoms with Crippen molar-refractivity contribution in [1.82, 2.24) is 15.2 Å². The molecular formula is C29H31N3O2. The van der Waals surface area contributed by atoms with Gasteiger partial charge in [0.15, 0.2) is 0 Å². The van der Waals surface area contributed by atoms with E-state index in [0.717, 1.165) is 41.8 Å². The third kappa shape index (κ3) is 4.65. The molecule has 2 N–H and O–H groups in total. The zero-order valence-electron chi connectivity index (χ0n) is 19.6. The van der Waals surface area contributed by atoms with E-state index in [0.29, 0.717) is 25.6 Å². The number of aromatic nitrogens is 1. The molecule has 0 fully saturated rings. The average Bonchev–Trinajstić information content (AvgIpc) is 3.48. The van der Waals surface area contributed by atoms with Gasteiger partial charge in [-0.2, -0.15) is 0 Å². The van der Waals surface area contributed by atoms with Gasteiger partial charge in [0.2, 0.25) is 5.91 Å². The van der Waals surface area contributed by atoms with E-state index in [4.69, 9.17) is 4.42 Å². The Labute approximate surface area is 200 Å². The fourth-order valence-electron chi connectivity index (χ4n) is 5.06. The van der Waals surface area contributed by atoms with Crippen LogP contribution in [0.15, 0.2) is 83.6 Å². The number of hydrogen-bond donors (Lipinski definition) is 2. The number of nitrogens with one attached hydrogen (secondary N) is 2. The number of benzene rings is 2. The minimum Gasteiger partial charge on any atom is -0.467 e. The number of allylic oxidation sites excluding steroid dienone is 1. The molecule has 2 aromatic carbocycles. The maximum atomic E-state index is 12.9. The molecule has 4 aromatic rings. The van der Waals surface area contributed by atoms with Crippen LogP contribution in [0.25, 0.3) is 10.9 Å². The lowest BCUT2D eigenvalue weighted by molar-refractivity contribution is -0.121. The van der Waals surface area contributed by atoms with E-state index in [1.807, 2.05) is 24.3 Å². The molecule has 0 spiro atoms. The predicted molar refractivity (Wildman–Crippen MR) is 135 cm³/mol. The number of hydrogen-bond acceptors (Lipinski definition) is 3. The van der Waals surface area contributed by atoms with Crippen LogP contribution in [0.1, 0.15) is 34.6 Å². The minimum atomic E-state index is 0.0386. The van der Waals surface area contributed by atoms with Crippen LogP contribution in [-0.4, -0.2) is 10.5 Å². The quantitative estimate of drug-likeness (QED) is 0.382. The first-order valence-electron chi connectivity index (χ1n) is 11.9. The second kappa shape index (κ2) is 9.64. The SMILES string of the molecule is C=C(NCc1ccco1)C1CCc2c(c3ccccc3n2CC(=O)NCc2cccc(C)c2)C1. The minimum absolute atomic E-state index is 0.0386. The van der Waals surface area contributed by atoms with Crippen molar-refractivity contribution in [3.05, 3.63) is 107 Å². The highest BCUT2D eigenvalue weighted by Crippen LogP contribution is 2.36. The Morgan fingerprint density at radius 3 is 2.79 bits per heavy atom. The number of aryl methyl sites for hydroxylation is 1. The molecule has 1 aliphatic carbocycles. The number of rotatable bonds is 8. The predicted octanol–water partition coefficient (Wildman–Crippen LogP) is 5.27. The molecule has 0 radical (unpaired) electrons. The van der Waals surface area contributed by atoms with Gasteiger partial charge in [-0.25, -0.2) is 0 Å². The molecule has 2 heterocycles. The summed E-state index contributed by atoms with van der Waals surface area (Å²) >= 11 is 0.